The molecule has 1 aliphatic heterocycles. The van der Waals surface area contributed by atoms with E-state index in [0.29, 0.717) is 56.2 Å². The van der Waals surface area contributed by atoms with Gasteiger partial charge in [0.05, 0.1) is 42.3 Å². The maximum Gasteiger partial charge on any atom is 0.325 e. The number of halogens is 2. The molecule has 0 spiro atoms. The second-order valence-electron chi connectivity index (χ2n) is 10.5. The number of nitrogens with zero attached hydrogens (tertiary/aromatic N) is 5. The summed E-state index contributed by atoms with van der Waals surface area (Å²) in [7, 11) is 6.59. The Morgan fingerprint density at radius 1 is 1.04 bits per heavy atom. The largest absolute Gasteiger partial charge is 0.481 e. The van der Waals surface area contributed by atoms with E-state index in [9.17, 15) is 14.7 Å². The number of esters is 1. The Morgan fingerprint density at radius 2 is 1.76 bits per heavy atom. The quantitative estimate of drug-likeness (QED) is 0.217. The highest BCUT2D eigenvalue weighted by Crippen LogP contribution is 2.41. The first kappa shape index (κ1) is 32.3. The summed E-state index contributed by atoms with van der Waals surface area (Å²) < 4.78 is 12.0. The maximum atomic E-state index is 13.3. The molecular formula is C31H33Cl2N7O5. The molecule has 4 aromatic rings. The molecule has 14 heteroatoms. The van der Waals surface area contributed by atoms with E-state index in [1.165, 1.54) is 14.2 Å². The summed E-state index contributed by atoms with van der Waals surface area (Å²) in [6.07, 6.45) is 2.38. The molecule has 3 N–H and O–H groups in total. The number of aromatic nitrogens is 4. The molecule has 0 bridgehead atoms. The Balaban J connectivity index is 1.40. The molecule has 12 nitrogen and oxygen atoms in total. The van der Waals surface area contributed by atoms with Gasteiger partial charge < -0.3 is 29.4 Å². The van der Waals surface area contributed by atoms with Gasteiger partial charge in [0, 0.05) is 67.2 Å². The van der Waals surface area contributed by atoms with Crippen LogP contribution in [0.4, 0.5) is 5.69 Å². The number of imidazole rings is 1. The molecule has 0 aliphatic carbocycles. The standard InChI is InChI=1S/C31H33Cl2N7O5/c1-39-12-11-24-22(15-39)36-28(40(24)2)29(42)37-21-10-6-8-19(26(21)33)18-7-5-9-20(25(18)32)27-35-14-17(30(38-27)44-3)13-34-23(16-41)31(43)45-4/h5-10,14,23,34,41H,11-13,15-16H2,1-4H3,(H,37,42)/t23-/m0/s1. The Morgan fingerprint density at radius 3 is 2.47 bits per heavy atom. The van der Waals surface area contributed by atoms with E-state index in [4.69, 9.17) is 32.7 Å². The number of hydrogen-bond acceptors (Lipinski definition) is 10. The number of fused-ring (bicyclic) bond motifs is 1. The minimum atomic E-state index is -0.910. The van der Waals surface area contributed by atoms with Crippen LogP contribution in [0, 0.1) is 0 Å². The number of nitrogens with one attached hydrogen (secondary N) is 2. The molecule has 1 amide bonds. The summed E-state index contributed by atoms with van der Waals surface area (Å²) in [5.74, 6) is -0.0672. The number of carbonyl (C=O) groups excluding carboxylic acids is 2. The number of anilines is 1. The molecule has 2 aromatic heterocycles. The summed E-state index contributed by atoms with van der Waals surface area (Å²) in [6, 6.07) is 9.81. The van der Waals surface area contributed by atoms with Crippen molar-refractivity contribution < 1.29 is 24.2 Å². The predicted octanol–water partition coefficient (Wildman–Crippen LogP) is 3.72. The lowest BCUT2D eigenvalue weighted by molar-refractivity contribution is -0.144. The number of carbonyl (C=O) groups is 2. The van der Waals surface area contributed by atoms with Gasteiger partial charge in [-0.05, 0) is 19.2 Å². The Bertz CT molecular complexity index is 1750. The van der Waals surface area contributed by atoms with Gasteiger partial charge in [0.15, 0.2) is 11.6 Å². The number of ether oxygens (including phenoxy) is 2. The molecule has 0 fully saturated rings. The van der Waals surface area contributed by atoms with E-state index in [1.807, 2.05) is 30.8 Å². The van der Waals surface area contributed by atoms with Crippen molar-refractivity contribution in [1.82, 2.24) is 29.7 Å². The van der Waals surface area contributed by atoms with Gasteiger partial charge in [-0.25, -0.2) is 9.97 Å². The number of benzene rings is 2. The number of aliphatic hydroxyl groups excluding tert-OH is 1. The molecule has 3 heterocycles. The van der Waals surface area contributed by atoms with Crippen LogP contribution in [0.3, 0.4) is 0 Å². The van der Waals surface area contributed by atoms with Crippen LogP contribution in [0.5, 0.6) is 5.88 Å². The lowest BCUT2D eigenvalue weighted by Gasteiger charge is -2.21. The third kappa shape index (κ3) is 6.65. The fourth-order valence-corrected chi connectivity index (χ4v) is 5.79. The molecule has 1 atom stereocenters. The van der Waals surface area contributed by atoms with E-state index >= 15 is 0 Å². The summed E-state index contributed by atoms with van der Waals surface area (Å²) in [5, 5.41) is 16.0. The Labute approximate surface area is 270 Å². The number of amides is 1. The van der Waals surface area contributed by atoms with E-state index in [0.717, 1.165) is 24.4 Å². The molecule has 0 saturated carbocycles. The van der Waals surface area contributed by atoms with Gasteiger partial charge in [0.1, 0.15) is 6.04 Å². The zero-order chi connectivity index (χ0) is 32.2. The van der Waals surface area contributed by atoms with Crippen molar-refractivity contribution in [3.63, 3.8) is 0 Å². The third-order valence-corrected chi connectivity index (χ3v) is 8.47. The van der Waals surface area contributed by atoms with Crippen molar-refractivity contribution in [2.24, 2.45) is 7.05 Å². The number of rotatable bonds is 10. The van der Waals surface area contributed by atoms with E-state index < -0.39 is 18.6 Å². The average Bonchev–Trinajstić information content (AvgIpc) is 3.37. The molecule has 236 valence electrons. The van der Waals surface area contributed by atoms with Crippen molar-refractivity contribution in [3.8, 4) is 28.4 Å². The molecule has 0 saturated heterocycles. The topological polar surface area (TPSA) is 144 Å². The predicted molar refractivity (Wildman–Crippen MR) is 170 cm³/mol. The van der Waals surface area contributed by atoms with Gasteiger partial charge in [0.25, 0.3) is 5.91 Å². The summed E-state index contributed by atoms with van der Waals surface area (Å²) in [4.78, 5) is 40.9. The number of methoxy groups -OCH3 is 2. The summed E-state index contributed by atoms with van der Waals surface area (Å²) in [6.45, 7) is 1.30. The second kappa shape index (κ2) is 13.9. The SMILES string of the molecule is COC(=O)[C@H](CO)NCc1cnc(-c2cccc(-c3cccc(NC(=O)c4nc5c(n4C)CCN(C)C5)c3Cl)c2Cl)nc1OC. The van der Waals surface area contributed by atoms with E-state index in [2.05, 4.69) is 30.5 Å². The van der Waals surface area contributed by atoms with Crippen molar-refractivity contribution >= 4 is 40.8 Å². The zero-order valence-corrected chi connectivity index (χ0v) is 26.7. The lowest BCUT2D eigenvalue weighted by atomic mass is 10.0. The first-order valence-corrected chi connectivity index (χ1v) is 14.9. The molecule has 0 unspecified atom stereocenters. The van der Waals surface area contributed by atoms with Gasteiger partial charge in [-0.3, -0.25) is 14.9 Å². The first-order chi connectivity index (χ1) is 21.7. The molecule has 5 rings (SSSR count). The van der Waals surface area contributed by atoms with Crippen molar-refractivity contribution in [2.45, 2.75) is 25.6 Å². The minimum Gasteiger partial charge on any atom is -0.481 e. The van der Waals surface area contributed by atoms with Gasteiger partial charge >= 0.3 is 5.97 Å². The van der Waals surface area contributed by atoms with Crippen LogP contribution in [0.15, 0.2) is 42.6 Å². The van der Waals surface area contributed by atoms with Crippen LogP contribution in [-0.4, -0.2) is 81.9 Å². The third-order valence-electron chi connectivity index (χ3n) is 7.65. The van der Waals surface area contributed by atoms with Crippen molar-refractivity contribution in [3.05, 3.63) is 75.4 Å². The van der Waals surface area contributed by atoms with Gasteiger partial charge in [-0.2, -0.15) is 4.98 Å². The van der Waals surface area contributed by atoms with E-state index in [1.54, 1.807) is 30.5 Å². The number of hydrogen-bond donors (Lipinski definition) is 3. The van der Waals surface area contributed by atoms with Crippen LogP contribution in [-0.2, 0) is 36.1 Å². The van der Waals surface area contributed by atoms with Crippen molar-refractivity contribution in [2.75, 3.05) is 39.7 Å². The molecule has 2 aromatic carbocycles. The fraction of sp³-hybridized carbons (Fsp3) is 0.323. The fourth-order valence-electron chi connectivity index (χ4n) is 5.21. The molecular weight excluding hydrogens is 621 g/mol. The smallest absolute Gasteiger partial charge is 0.325 e. The summed E-state index contributed by atoms with van der Waals surface area (Å²) >= 11 is 13.8. The van der Waals surface area contributed by atoms with Crippen LogP contribution >= 0.6 is 23.2 Å². The zero-order valence-electron chi connectivity index (χ0n) is 25.2. The minimum absolute atomic E-state index is 0.142. The highest BCUT2D eigenvalue weighted by molar-refractivity contribution is 6.39. The normalized spacial score (nSPS) is 13.7. The van der Waals surface area contributed by atoms with E-state index in [-0.39, 0.29) is 18.3 Å². The van der Waals surface area contributed by atoms with Gasteiger partial charge in [-0.15, -0.1) is 0 Å². The monoisotopic (exact) mass is 653 g/mol. The van der Waals surface area contributed by atoms with Crippen LogP contribution in [0.1, 0.15) is 27.6 Å². The average molecular weight is 655 g/mol. The lowest BCUT2D eigenvalue weighted by Crippen LogP contribution is -2.40. The Hall–Kier alpha value is -4.07. The highest BCUT2D eigenvalue weighted by atomic mass is 35.5. The van der Waals surface area contributed by atoms with Crippen LogP contribution in [0.25, 0.3) is 22.5 Å². The van der Waals surface area contributed by atoms with Crippen molar-refractivity contribution in [1.29, 1.82) is 0 Å². The summed E-state index contributed by atoms with van der Waals surface area (Å²) in [5.41, 5.74) is 4.68. The second-order valence-corrected chi connectivity index (χ2v) is 11.3. The molecule has 1 aliphatic rings. The Kier molecular flexibility index (Phi) is 10.0. The first-order valence-electron chi connectivity index (χ1n) is 14.1. The van der Waals surface area contributed by atoms with Crippen LogP contribution in [0.2, 0.25) is 10.0 Å². The number of likely N-dealkylation sites (N-methyl/N-ethyl adjacent to an activating group) is 1. The highest BCUT2D eigenvalue weighted by Gasteiger charge is 2.25. The van der Waals surface area contributed by atoms with Crippen LogP contribution < -0.4 is 15.4 Å². The van der Waals surface area contributed by atoms with Gasteiger partial charge in [-0.1, -0.05) is 47.5 Å². The number of aliphatic hydroxyl groups is 1. The van der Waals surface area contributed by atoms with Gasteiger partial charge in [0.2, 0.25) is 5.88 Å². The molecule has 45 heavy (non-hydrogen) atoms. The molecule has 0 radical (unpaired) electrons. The maximum absolute atomic E-state index is 13.3.